The van der Waals surface area contributed by atoms with Crippen LogP contribution in [-0.2, 0) is 0 Å². The summed E-state index contributed by atoms with van der Waals surface area (Å²) in [6, 6.07) is 9.22. The molecule has 3 aliphatic rings. The van der Waals surface area contributed by atoms with E-state index in [1.807, 2.05) is 6.07 Å². The molecule has 0 spiro atoms. The van der Waals surface area contributed by atoms with Gasteiger partial charge in [0.25, 0.3) is 0 Å². The number of phenolic OH excluding ortho intramolecular Hbond substituents is 1. The number of nitrogens with one attached hydrogen (secondary N) is 1. The number of nitrogens with zero attached hydrogens (tertiary/aromatic N) is 8. The van der Waals surface area contributed by atoms with Crippen molar-refractivity contribution in [3.05, 3.63) is 36.3 Å². The minimum atomic E-state index is 0.0139. The first-order valence-corrected chi connectivity index (χ1v) is 11.1. The predicted molar refractivity (Wildman–Crippen MR) is 115 cm³/mol. The smallest absolute Gasteiger partial charge is 0.185 e. The third-order valence-electron chi connectivity index (χ3n) is 6.69. The van der Waals surface area contributed by atoms with E-state index in [1.54, 1.807) is 24.4 Å². The quantitative estimate of drug-likeness (QED) is 0.625. The van der Waals surface area contributed by atoms with Crippen molar-refractivity contribution in [2.75, 3.05) is 4.90 Å². The molecule has 0 unspecified atom stereocenters. The summed E-state index contributed by atoms with van der Waals surface area (Å²) >= 11 is 0. The van der Waals surface area contributed by atoms with Crippen molar-refractivity contribution in [2.24, 2.45) is 0 Å². The number of benzene rings is 1. The summed E-state index contributed by atoms with van der Waals surface area (Å²) in [5.74, 6) is 1.21. The number of nitriles is 1. The highest BCUT2D eigenvalue weighted by Gasteiger charge is 2.41. The number of hydrogen-bond acceptors (Lipinski definition) is 9. The average Bonchev–Trinajstić information content (AvgIpc) is 3.41. The lowest BCUT2D eigenvalue weighted by Gasteiger charge is -2.38. The second-order valence-corrected chi connectivity index (χ2v) is 8.90. The fourth-order valence-corrected chi connectivity index (χ4v) is 5.08. The molecule has 2 N–H and O–H groups in total. The van der Waals surface area contributed by atoms with Gasteiger partial charge >= 0.3 is 0 Å². The topological polar surface area (TPSA) is 129 Å². The van der Waals surface area contributed by atoms with Crippen LogP contribution in [0.15, 0.2) is 30.6 Å². The number of aromatic hydroxyl groups is 1. The molecule has 6 rings (SSSR count). The number of fused-ring (bicyclic) bond motifs is 2. The van der Waals surface area contributed by atoms with Gasteiger partial charge in [-0.05, 0) is 50.7 Å². The molecule has 10 heteroatoms. The van der Waals surface area contributed by atoms with Crippen LogP contribution in [0.1, 0.15) is 44.2 Å². The number of piperidine rings is 1. The maximum absolute atomic E-state index is 10.6. The zero-order valence-electron chi connectivity index (χ0n) is 17.5. The molecule has 0 radical (unpaired) electrons. The van der Waals surface area contributed by atoms with E-state index in [0.717, 1.165) is 18.7 Å². The highest BCUT2D eigenvalue weighted by Crippen LogP contribution is 2.38. The standard InChI is InChI=1S/C22H23N9O/c23-10-15-12-30(29-26-15)17-5-6-19(20(32)9-17)22-24-11-21(27-28-22)31(16-3-4-16)18-7-13-1-2-14(8-18)25-13/h5-6,9,11-14,16,18,25,32H,1-4,7-8H2/t13-,14+,18-. The lowest BCUT2D eigenvalue weighted by Crippen LogP contribution is -2.49. The van der Waals surface area contributed by atoms with E-state index in [9.17, 15) is 5.11 Å². The molecule has 4 heterocycles. The Morgan fingerprint density at radius 3 is 2.50 bits per heavy atom. The molecule has 162 valence electrons. The molecule has 3 aromatic rings. The average molecular weight is 429 g/mol. The fourth-order valence-electron chi connectivity index (χ4n) is 5.08. The highest BCUT2D eigenvalue weighted by atomic mass is 16.3. The van der Waals surface area contributed by atoms with Crippen molar-refractivity contribution in [3.8, 4) is 28.9 Å². The summed E-state index contributed by atoms with van der Waals surface area (Å²) in [5, 5.41) is 39.7. The van der Waals surface area contributed by atoms with Crippen LogP contribution in [0.5, 0.6) is 5.75 Å². The molecular weight excluding hydrogens is 406 g/mol. The molecule has 32 heavy (non-hydrogen) atoms. The Bertz CT molecular complexity index is 1170. The molecule has 1 aromatic carbocycles. The normalized spacial score (nSPS) is 24.3. The predicted octanol–water partition coefficient (Wildman–Crippen LogP) is 1.95. The zero-order chi connectivity index (χ0) is 21.7. The molecule has 3 atom stereocenters. The minimum Gasteiger partial charge on any atom is -0.507 e. The summed E-state index contributed by atoms with van der Waals surface area (Å²) in [6.45, 7) is 0. The Hall–Kier alpha value is -3.58. The first-order valence-electron chi connectivity index (χ1n) is 11.1. The van der Waals surface area contributed by atoms with Gasteiger partial charge in [0.2, 0.25) is 0 Å². The monoisotopic (exact) mass is 429 g/mol. The van der Waals surface area contributed by atoms with E-state index in [4.69, 9.17) is 5.26 Å². The molecule has 2 aromatic heterocycles. The van der Waals surface area contributed by atoms with Crippen molar-refractivity contribution >= 4 is 5.82 Å². The summed E-state index contributed by atoms with van der Waals surface area (Å²) < 4.78 is 1.43. The first-order chi connectivity index (χ1) is 15.7. The Morgan fingerprint density at radius 1 is 1.06 bits per heavy atom. The molecule has 2 aliphatic heterocycles. The first kappa shape index (κ1) is 19.1. The summed E-state index contributed by atoms with van der Waals surface area (Å²) in [6.07, 6.45) is 10.5. The van der Waals surface area contributed by atoms with Crippen molar-refractivity contribution < 1.29 is 5.11 Å². The summed E-state index contributed by atoms with van der Waals surface area (Å²) in [5.41, 5.74) is 1.29. The van der Waals surface area contributed by atoms with E-state index in [0.29, 0.717) is 41.2 Å². The van der Waals surface area contributed by atoms with Crippen LogP contribution >= 0.6 is 0 Å². The van der Waals surface area contributed by atoms with Gasteiger partial charge in [0.1, 0.15) is 11.8 Å². The van der Waals surface area contributed by atoms with Crippen LogP contribution in [0.4, 0.5) is 5.82 Å². The Morgan fingerprint density at radius 2 is 1.88 bits per heavy atom. The van der Waals surface area contributed by atoms with Gasteiger partial charge in [-0.1, -0.05) is 5.21 Å². The van der Waals surface area contributed by atoms with Gasteiger partial charge in [-0.2, -0.15) is 5.26 Å². The number of phenols is 1. The lowest BCUT2D eigenvalue weighted by atomic mass is 9.98. The van der Waals surface area contributed by atoms with Crippen LogP contribution < -0.4 is 10.2 Å². The van der Waals surface area contributed by atoms with E-state index in [-0.39, 0.29) is 11.4 Å². The van der Waals surface area contributed by atoms with Crippen LogP contribution in [0.25, 0.3) is 17.1 Å². The van der Waals surface area contributed by atoms with E-state index >= 15 is 0 Å². The van der Waals surface area contributed by atoms with E-state index in [1.165, 1.54) is 36.6 Å². The molecule has 2 bridgehead atoms. The van der Waals surface area contributed by atoms with Gasteiger partial charge in [0.05, 0.1) is 23.6 Å². The molecule has 0 amide bonds. The number of rotatable bonds is 5. The van der Waals surface area contributed by atoms with Gasteiger partial charge in [0.15, 0.2) is 17.3 Å². The number of hydrogen-bond donors (Lipinski definition) is 2. The third-order valence-corrected chi connectivity index (χ3v) is 6.69. The minimum absolute atomic E-state index is 0.0139. The molecular formula is C22H23N9O. The van der Waals surface area contributed by atoms with E-state index < -0.39 is 0 Å². The molecule has 2 saturated heterocycles. The third kappa shape index (κ3) is 3.44. The van der Waals surface area contributed by atoms with Crippen molar-refractivity contribution in [1.82, 2.24) is 35.5 Å². The second kappa shape index (κ2) is 7.53. The molecule has 1 aliphatic carbocycles. The number of anilines is 1. The van der Waals surface area contributed by atoms with E-state index in [2.05, 4.69) is 35.7 Å². The van der Waals surface area contributed by atoms with Gasteiger partial charge < -0.3 is 15.3 Å². The Labute approximate surface area is 184 Å². The largest absolute Gasteiger partial charge is 0.507 e. The number of aromatic nitrogens is 6. The van der Waals surface area contributed by atoms with Crippen LogP contribution in [0, 0.1) is 11.3 Å². The maximum atomic E-state index is 10.6. The van der Waals surface area contributed by atoms with Gasteiger partial charge in [-0.25, -0.2) is 9.67 Å². The second-order valence-electron chi connectivity index (χ2n) is 8.90. The van der Waals surface area contributed by atoms with Gasteiger partial charge in [-0.3, -0.25) is 0 Å². The van der Waals surface area contributed by atoms with Crippen molar-refractivity contribution in [3.63, 3.8) is 0 Å². The van der Waals surface area contributed by atoms with Crippen LogP contribution in [0.2, 0.25) is 0 Å². The van der Waals surface area contributed by atoms with Gasteiger partial charge in [-0.15, -0.1) is 15.3 Å². The lowest BCUT2D eigenvalue weighted by molar-refractivity contribution is 0.343. The highest BCUT2D eigenvalue weighted by molar-refractivity contribution is 5.66. The Balaban J connectivity index is 1.24. The molecule has 10 nitrogen and oxygen atoms in total. The fraction of sp³-hybridized carbons (Fsp3) is 0.455. The maximum Gasteiger partial charge on any atom is 0.185 e. The van der Waals surface area contributed by atoms with Gasteiger partial charge in [0, 0.05) is 30.2 Å². The summed E-state index contributed by atoms with van der Waals surface area (Å²) in [7, 11) is 0. The van der Waals surface area contributed by atoms with Crippen LogP contribution in [-0.4, -0.2) is 59.4 Å². The Kier molecular flexibility index (Phi) is 4.50. The zero-order valence-corrected chi connectivity index (χ0v) is 17.5. The molecule has 3 fully saturated rings. The van der Waals surface area contributed by atoms with Crippen molar-refractivity contribution in [2.45, 2.75) is 62.7 Å². The van der Waals surface area contributed by atoms with Crippen molar-refractivity contribution in [1.29, 1.82) is 5.26 Å². The SMILES string of the molecule is N#Cc1cn(-c2ccc(-c3ncc(N(C4CC4)[C@@H]4C[C@H]5CC[C@@H](C4)N5)nn3)c(O)c2)nn1. The van der Waals surface area contributed by atoms with Crippen LogP contribution in [0.3, 0.4) is 0 Å². The molecule has 1 saturated carbocycles. The summed E-state index contributed by atoms with van der Waals surface area (Å²) in [4.78, 5) is 6.98.